The number of piperidine rings is 1. The van der Waals surface area contributed by atoms with Gasteiger partial charge in [0.25, 0.3) is 0 Å². The Morgan fingerprint density at radius 2 is 1.83 bits per heavy atom. The van der Waals surface area contributed by atoms with Crippen molar-refractivity contribution in [3.8, 4) is 0 Å². The van der Waals surface area contributed by atoms with Crippen LogP contribution >= 0.6 is 0 Å². The molecule has 2 saturated heterocycles. The molecule has 0 aromatic carbocycles. The molecule has 2 aliphatic rings. The highest BCUT2D eigenvalue weighted by molar-refractivity contribution is 5.04. The molecule has 3 atom stereocenters. The van der Waals surface area contributed by atoms with Crippen LogP contribution in [-0.4, -0.2) is 47.0 Å². The van der Waals surface area contributed by atoms with Crippen LogP contribution in [0, 0.1) is 0 Å². The first-order chi connectivity index (χ1) is 8.21. The van der Waals surface area contributed by atoms with Crippen LogP contribution in [0.15, 0.2) is 0 Å². The first kappa shape index (κ1) is 14.1. The van der Waals surface area contributed by atoms with E-state index < -0.39 is 24.2 Å². The van der Waals surface area contributed by atoms with Gasteiger partial charge < -0.3 is 15.7 Å². The second-order valence-electron chi connectivity index (χ2n) is 5.82. The first-order valence-corrected chi connectivity index (χ1v) is 6.48. The van der Waals surface area contributed by atoms with Crippen LogP contribution in [0.5, 0.6) is 0 Å². The van der Waals surface area contributed by atoms with Gasteiger partial charge in [0.05, 0.1) is 5.60 Å². The maximum Gasteiger partial charge on any atom is 0.389 e. The minimum atomic E-state index is -4.20. The van der Waals surface area contributed by atoms with E-state index in [1.165, 1.54) is 0 Å². The van der Waals surface area contributed by atoms with E-state index in [1.54, 1.807) is 0 Å². The number of nitrogens with two attached hydrogens (primary N) is 1. The van der Waals surface area contributed by atoms with Crippen molar-refractivity contribution in [3.63, 3.8) is 0 Å². The van der Waals surface area contributed by atoms with Crippen LogP contribution in [0.4, 0.5) is 13.2 Å². The van der Waals surface area contributed by atoms with E-state index in [0.717, 1.165) is 12.8 Å². The minimum absolute atomic E-state index is 0.191. The van der Waals surface area contributed by atoms with E-state index in [1.807, 2.05) is 7.05 Å². The Hall–Kier alpha value is -0.330. The van der Waals surface area contributed by atoms with Gasteiger partial charge in [-0.1, -0.05) is 0 Å². The molecule has 6 heteroatoms. The van der Waals surface area contributed by atoms with Crippen LogP contribution in [0.25, 0.3) is 0 Å². The lowest BCUT2D eigenvalue weighted by molar-refractivity contribution is -0.141. The highest BCUT2D eigenvalue weighted by Crippen LogP contribution is 2.42. The molecule has 3 nitrogen and oxygen atoms in total. The molecule has 3 unspecified atom stereocenters. The van der Waals surface area contributed by atoms with Crippen molar-refractivity contribution in [2.24, 2.45) is 5.73 Å². The summed E-state index contributed by atoms with van der Waals surface area (Å²) in [7, 11) is 2.02. The first-order valence-electron chi connectivity index (χ1n) is 6.48. The minimum Gasteiger partial charge on any atom is -0.388 e. The summed E-state index contributed by atoms with van der Waals surface area (Å²) in [5.74, 6) is 0. The van der Waals surface area contributed by atoms with E-state index in [0.29, 0.717) is 12.8 Å². The van der Waals surface area contributed by atoms with Gasteiger partial charge >= 0.3 is 6.18 Å². The predicted octanol–water partition coefficient (Wildman–Crippen LogP) is 1.64. The number of fused-ring (bicyclic) bond motifs is 2. The van der Waals surface area contributed by atoms with Gasteiger partial charge in [-0.25, -0.2) is 0 Å². The summed E-state index contributed by atoms with van der Waals surface area (Å²) < 4.78 is 36.6. The van der Waals surface area contributed by atoms with Crippen molar-refractivity contribution in [2.45, 2.75) is 68.4 Å². The Balaban J connectivity index is 1.95. The number of rotatable bonds is 3. The monoisotopic (exact) mass is 266 g/mol. The fraction of sp³-hybridized carbons (Fsp3) is 1.00. The third kappa shape index (κ3) is 2.81. The third-order valence-electron chi connectivity index (χ3n) is 4.59. The Morgan fingerprint density at radius 1 is 1.33 bits per heavy atom. The van der Waals surface area contributed by atoms with E-state index >= 15 is 0 Å². The Labute approximate surface area is 105 Å². The standard InChI is InChI=1S/C12H21F3N2O/c1-17-8-2-3-9(17)7-11(18,6-8)10(16)4-5-12(13,14)15/h8-10,18H,2-7,16H2,1H3. The fourth-order valence-corrected chi connectivity index (χ4v) is 3.37. The molecule has 2 fully saturated rings. The van der Waals surface area contributed by atoms with E-state index in [4.69, 9.17) is 5.73 Å². The number of alkyl halides is 3. The molecule has 0 aromatic heterocycles. The summed E-state index contributed by atoms with van der Waals surface area (Å²) in [5, 5.41) is 10.5. The highest BCUT2D eigenvalue weighted by atomic mass is 19.4. The van der Waals surface area contributed by atoms with Gasteiger partial charge in [-0.2, -0.15) is 13.2 Å². The van der Waals surface area contributed by atoms with Gasteiger partial charge in [0.1, 0.15) is 0 Å². The smallest absolute Gasteiger partial charge is 0.388 e. The molecular formula is C12H21F3N2O. The van der Waals surface area contributed by atoms with Crippen molar-refractivity contribution in [3.05, 3.63) is 0 Å². The van der Waals surface area contributed by atoms with E-state index in [9.17, 15) is 18.3 Å². The summed E-state index contributed by atoms with van der Waals surface area (Å²) in [6.07, 6.45) is -2.29. The van der Waals surface area contributed by atoms with Crippen molar-refractivity contribution < 1.29 is 18.3 Å². The number of hydrogen-bond acceptors (Lipinski definition) is 3. The van der Waals surface area contributed by atoms with Gasteiger partial charge in [0.2, 0.25) is 0 Å². The molecule has 3 N–H and O–H groups in total. The molecular weight excluding hydrogens is 245 g/mol. The average molecular weight is 266 g/mol. The lowest BCUT2D eigenvalue weighted by atomic mass is 9.79. The third-order valence-corrected chi connectivity index (χ3v) is 4.59. The van der Waals surface area contributed by atoms with E-state index in [2.05, 4.69) is 4.90 Å². The second kappa shape index (κ2) is 4.65. The van der Waals surface area contributed by atoms with Gasteiger partial charge in [0, 0.05) is 24.5 Å². The molecule has 2 bridgehead atoms. The van der Waals surface area contributed by atoms with Crippen LogP contribution in [0.1, 0.15) is 38.5 Å². The lowest BCUT2D eigenvalue weighted by Crippen LogP contribution is -2.58. The van der Waals surface area contributed by atoms with Gasteiger partial charge in [-0.3, -0.25) is 0 Å². The predicted molar refractivity (Wildman–Crippen MR) is 62.0 cm³/mol. The molecule has 0 aromatic rings. The average Bonchev–Trinajstić information content (AvgIpc) is 2.50. The zero-order valence-electron chi connectivity index (χ0n) is 10.6. The SMILES string of the molecule is CN1C2CCC1CC(O)(C(N)CCC(F)(F)F)C2. The van der Waals surface area contributed by atoms with Crippen LogP contribution in [-0.2, 0) is 0 Å². The van der Waals surface area contributed by atoms with Crippen LogP contribution in [0.3, 0.4) is 0 Å². The Morgan fingerprint density at radius 3 is 2.28 bits per heavy atom. The van der Waals surface area contributed by atoms with Crippen molar-refractivity contribution >= 4 is 0 Å². The number of halogens is 3. The molecule has 2 rings (SSSR count). The fourth-order valence-electron chi connectivity index (χ4n) is 3.37. The maximum atomic E-state index is 12.2. The summed E-state index contributed by atoms with van der Waals surface area (Å²) in [6, 6.07) is -0.243. The Bertz CT molecular complexity index is 294. The van der Waals surface area contributed by atoms with Crippen LogP contribution in [0.2, 0.25) is 0 Å². The summed E-state index contributed by atoms with van der Waals surface area (Å²) in [4.78, 5) is 2.23. The lowest BCUT2D eigenvalue weighted by Gasteiger charge is -2.45. The van der Waals surface area contributed by atoms with Crippen molar-refractivity contribution in [2.75, 3.05) is 7.05 Å². The normalized spacial score (nSPS) is 39.0. The quantitative estimate of drug-likeness (QED) is 0.816. The molecule has 0 saturated carbocycles. The molecule has 2 heterocycles. The van der Waals surface area contributed by atoms with Gasteiger partial charge in [-0.05, 0) is 39.2 Å². The second-order valence-corrected chi connectivity index (χ2v) is 5.82. The molecule has 0 aliphatic carbocycles. The largest absolute Gasteiger partial charge is 0.389 e. The molecule has 106 valence electrons. The number of aliphatic hydroxyl groups is 1. The number of hydrogen-bond donors (Lipinski definition) is 2. The van der Waals surface area contributed by atoms with Crippen molar-refractivity contribution in [1.29, 1.82) is 0 Å². The van der Waals surface area contributed by atoms with Crippen molar-refractivity contribution in [1.82, 2.24) is 4.90 Å². The van der Waals surface area contributed by atoms with Crippen LogP contribution < -0.4 is 5.73 Å². The zero-order chi connectivity index (χ0) is 13.6. The number of nitrogens with zero attached hydrogens (tertiary/aromatic N) is 1. The van der Waals surface area contributed by atoms with E-state index in [-0.39, 0.29) is 18.5 Å². The summed E-state index contributed by atoms with van der Waals surface area (Å²) in [5.41, 5.74) is 4.70. The molecule has 0 spiro atoms. The maximum absolute atomic E-state index is 12.2. The van der Waals surface area contributed by atoms with Gasteiger partial charge in [-0.15, -0.1) is 0 Å². The molecule has 18 heavy (non-hydrogen) atoms. The summed E-state index contributed by atoms with van der Waals surface area (Å²) >= 11 is 0. The molecule has 0 amide bonds. The zero-order valence-corrected chi connectivity index (χ0v) is 10.6. The summed E-state index contributed by atoms with van der Waals surface area (Å²) in [6.45, 7) is 0. The highest BCUT2D eigenvalue weighted by Gasteiger charge is 2.49. The molecule has 2 aliphatic heterocycles. The topological polar surface area (TPSA) is 49.5 Å². The molecule has 0 radical (unpaired) electrons. The Kier molecular flexibility index (Phi) is 3.64. The van der Waals surface area contributed by atoms with Gasteiger partial charge in [0.15, 0.2) is 0 Å².